The van der Waals surface area contributed by atoms with Crippen LogP contribution in [0.5, 0.6) is 11.5 Å². The number of hydrogen-bond acceptors (Lipinski definition) is 6. The van der Waals surface area contributed by atoms with E-state index in [1.807, 2.05) is 18.2 Å². The number of rotatable bonds is 7. The number of nitrogens with zero attached hydrogens (tertiary/aromatic N) is 1. The average Bonchev–Trinajstić information content (AvgIpc) is 2.76. The maximum atomic E-state index is 12.8. The van der Waals surface area contributed by atoms with E-state index in [4.69, 9.17) is 14.2 Å². The minimum Gasteiger partial charge on any atom is -0.493 e. The van der Waals surface area contributed by atoms with Crippen molar-refractivity contribution in [2.45, 2.75) is 19.9 Å². The Kier molecular flexibility index (Phi) is 6.59. The molecule has 0 radical (unpaired) electrons. The van der Waals surface area contributed by atoms with Gasteiger partial charge in [-0.1, -0.05) is 12.1 Å². The summed E-state index contributed by atoms with van der Waals surface area (Å²) in [6.45, 7) is 3.29. The summed E-state index contributed by atoms with van der Waals surface area (Å²) < 4.78 is 15.8. The van der Waals surface area contributed by atoms with E-state index in [1.165, 1.54) is 0 Å². The van der Waals surface area contributed by atoms with Crippen molar-refractivity contribution in [3.8, 4) is 11.5 Å². The molecule has 1 N–H and O–H groups in total. The molecule has 2 aromatic carbocycles. The van der Waals surface area contributed by atoms with Gasteiger partial charge in [0.25, 0.3) is 0 Å². The molecule has 0 unspecified atom stereocenters. The number of hydrogen-bond donors (Lipinski definition) is 1. The molecule has 0 fully saturated rings. The number of esters is 1. The molecule has 7 heteroatoms. The van der Waals surface area contributed by atoms with Gasteiger partial charge in [0.05, 0.1) is 32.9 Å². The zero-order chi connectivity index (χ0) is 20.8. The first-order chi connectivity index (χ1) is 14.1. The van der Waals surface area contributed by atoms with Crippen LogP contribution in [0.1, 0.15) is 28.4 Å². The fourth-order valence-corrected chi connectivity index (χ4v) is 3.40. The van der Waals surface area contributed by atoms with Gasteiger partial charge in [0.15, 0.2) is 11.5 Å². The monoisotopic (exact) mass is 398 g/mol. The topological polar surface area (TPSA) is 77.1 Å². The lowest BCUT2D eigenvalue weighted by Gasteiger charge is -2.30. The van der Waals surface area contributed by atoms with Crippen molar-refractivity contribution in [1.82, 2.24) is 4.90 Å². The molecular weight excluding hydrogens is 372 g/mol. The van der Waals surface area contributed by atoms with E-state index in [0.717, 1.165) is 17.5 Å². The molecule has 0 aromatic heterocycles. The molecule has 1 amide bonds. The van der Waals surface area contributed by atoms with E-state index in [0.29, 0.717) is 42.4 Å². The van der Waals surface area contributed by atoms with Gasteiger partial charge in [-0.2, -0.15) is 0 Å². The molecule has 154 valence electrons. The van der Waals surface area contributed by atoms with E-state index < -0.39 is 5.97 Å². The number of anilines is 1. The van der Waals surface area contributed by atoms with Gasteiger partial charge < -0.3 is 24.4 Å². The van der Waals surface area contributed by atoms with Crippen LogP contribution in [0.3, 0.4) is 0 Å². The van der Waals surface area contributed by atoms with Crippen LogP contribution in [-0.2, 0) is 22.5 Å². The highest BCUT2D eigenvalue weighted by atomic mass is 16.5. The van der Waals surface area contributed by atoms with Gasteiger partial charge in [-0.3, -0.25) is 4.79 Å². The second-order valence-electron chi connectivity index (χ2n) is 6.66. The van der Waals surface area contributed by atoms with Crippen molar-refractivity contribution in [2.75, 3.05) is 39.2 Å². The second-order valence-corrected chi connectivity index (χ2v) is 6.66. The van der Waals surface area contributed by atoms with E-state index in [2.05, 4.69) is 5.32 Å². The quantitative estimate of drug-likeness (QED) is 0.723. The minimum atomic E-state index is -0.406. The maximum Gasteiger partial charge on any atom is 0.340 e. The van der Waals surface area contributed by atoms with Crippen molar-refractivity contribution >= 4 is 17.6 Å². The van der Waals surface area contributed by atoms with Crippen molar-refractivity contribution in [3.63, 3.8) is 0 Å². The largest absolute Gasteiger partial charge is 0.493 e. The summed E-state index contributed by atoms with van der Waals surface area (Å²) in [5, 5.41) is 3.08. The van der Waals surface area contributed by atoms with E-state index >= 15 is 0 Å². The lowest BCUT2D eigenvalue weighted by Crippen LogP contribution is -2.39. The Morgan fingerprint density at radius 3 is 2.45 bits per heavy atom. The van der Waals surface area contributed by atoms with Gasteiger partial charge in [0.1, 0.15) is 0 Å². The van der Waals surface area contributed by atoms with Crippen LogP contribution in [0.4, 0.5) is 5.69 Å². The highest BCUT2D eigenvalue weighted by Gasteiger charge is 2.23. The third kappa shape index (κ3) is 4.62. The van der Waals surface area contributed by atoms with Crippen LogP contribution in [0.2, 0.25) is 0 Å². The van der Waals surface area contributed by atoms with E-state index in [9.17, 15) is 9.59 Å². The molecule has 0 saturated carbocycles. The van der Waals surface area contributed by atoms with Crippen molar-refractivity contribution in [3.05, 3.63) is 53.1 Å². The summed E-state index contributed by atoms with van der Waals surface area (Å²) in [6.07, 6.45) is 0.751. The molecule has 0 spiro atoms. The minimum absolute atomic E-state index is 0.0379. The van der Waals surface area contributed by atoms with Crippen LogP contribution in [0.15, 0.2) is 36.4 Å². The van der Waals surface area contributed by atoms with Crippen LogP contribution in [-0.4, -0.2) is 50.7 Å². The van der Waals surface area contributed by atoms with Gasteiger partial charge in [-0.05, 0) is 48.7 Å². The fourth-order valence-electron chi connectivity index (χ4n) is 3.40. The first kappa shape index (κ1) is 20.5. The highest BCUT2D eigenvalue weighted by molar-refractivity contribution is 5.96. The number of fused-ring (bicyclic) bond motifs is 1. The molecular formula is C22H26N2O5. The van der Waals surface area contributed by atoms with E-state index in [-0.39, 0.29) is 12.5 Å². The Balaban J connectivity index is 1.67. The van der Waals surface area contributed by atoms with E-state index in [1.54, 1.807) is 44.2 Å². The molecule has 3 rings (SSSR count). The number of para-hydroxylation sites is 1. The first-order valence-electron chi connectivity index (χ1n) is 9.59. The standard InChI is InChI=1S/C22H26N2O5/c1-4-29-22(26)17-7-5-6-8-18(17)23-13-21(25)24-10-9-15-11-19(27-2)20(28-3)12-16(15)14-24/h5-8,11-12,23H,4,9-10,13-14H2,1-3H3. The van der Waals surface area contributed by atoms with Gasteiger partial charge in [-0.25, -0.2) is 4.79 Å². The molecule has 0 bridgehead atoms. The van der Waals surface area contributed by atoms with Crippen molar-refractivity contribution in [1.29, 1.82) is 0 Å². The Morgan fingerprint density at radius 1 is 1.07 bits per heavy atom. The summed E-state index contributed by atoms with van der Waals surface area (Å²) in [7, 11) is 3.21. The molecule has 0 aliphatic carbocycles. The average molecular weight is 398 g/mol. The van der Waals surface area contributed by atoms with Crippen molar-refractivity contribution < 1.29 is 23.8 Å². The van der Waals surface area contributed by atoms with Crippen LogP contribution < -0.4 is 14.8 Å². The SMILES string of the molecule is CCOC(=O)c1ccccc1NCC(=O)N1CCc2cc(OC)c(OC)cc2C1. The summed E-state index contributed by atoms with van der Waals surface area (Å²) in [6, 6.07) is 10.9. The third-order valence-corrected chi connectivity index (χ3v) is 4.92. The summed E-state index contributed by atoms with van der Waals surface area (Å²) in [5.74, 6) is 0.908. The van der Waals surface area contributed by atoms with Gasteiger partial charge >= 0.3 is 5.97 Å². The molecule has 0 saturated heterocycles. The summed E-state index contributed by atoms with van der Waals surface area (Å²) >= 11 is 0. The molecule has 1 aliphatic rings. The highest BCUT2D eigenvalue weighted by Crippen LogP contribution is 2.33. The predicted molar refractivity (Wildman–Crippen MR) is 110 cm³/mol. The number of carbonyl (C=O) groups is 2. The second kappa shape index (κ2) is 9.32. The Labute approximate surface area is 170 Å². The Hall–Kier alpha value is -3.22. The number of nitrogens with one attached hydrogen (secondary N) is 1. The smallest absolute Gasteiger partial charge is 0.340 e. The molecule has 7 nitrogen and oxygen atoms in total. The fraction of sp³-hybridized carbons (Fsp3) is 0.364. The van der Waals surface area contributed by atoms with Gasteiger partial charge in [0, 0.05) is 18.8 Å². The number of ether oxygens (including phenoxy) is 3. The molecule has 2 aromatic rings. The number of benzene rings is 2. The lowest BCUT2D eigenvalue weighted by atomic mass is 9.98. The summed E-state index contributed by atoms with van der Waals surface area (Å²) in [4.78, 5) is 26.6. The zero-order valence-electron chi connectivity index (χ0n) is 17.0. The van der Waals surface area contributed by atoms with Crippen molar-refractivity contribution in [2.24, 2.45) is 0 Å². The summed E-state index contributed by atoms with van der Waals surface area (Å²) in [5.41, 5.74) is 3.22. The Bertz CT molecular complexity index is 897. The third-order valence-electron chi connectivity index (χ3n) is 4.92. The molecule has 1 aliphatic heterocycles. The van der Waals surface area contributed by atoms with Crippen LogP contribution in [0, 0.1) is 0 Å². The van der Waals surface area contributed by atoms with Gasteiger partial charge in [0.2, 0.25) is 5.91 Å². The lowest BCUT2D eigenvalue weighted by molar-refractivity contribution is -0.130. The normalized spacial score (nSPS) is 12.7. The van der Waals surface area contributed by atoms with Crippen LogP contribution in [0.25, 0.3) is 0 Å². The number of methoxy groups -OCH3 is 2. The van der Waals surface area contributed by atoms with Crippen LogP contribution >= 0.6 is 0 Å². The maximum absolute atomic E-state index is 12.8. The van der Waals surface area contributed by atoms with Gasteiger partial charge in [-0.15, -0.1) is 0 Å². The predicted octanol–water partition coefficient (Wildman–Crippen LogP) is 2.88. The molecule has 0 atom stereocenters. The number of carbonyl (C=O) groups excluding carboxylic acids is 2. The first-order valence-corrected chi connectivity index (χ1v) is 9.59. The molecule has 29 heavy (non-hydrogen) atoms. The molecule has 1 heterocycles. The number of amides is 1. The zero-order valence-corrected chi connectivity index (χ0v) is 17.0. The Morgan fingerprint density at radius 2 is 1.76 bits per heavy atom.